The Morgan fingerprint density at radius 3 is 2.76 bits per heavy atom. The molecule has 5 nitrogen and oxygen atoms in total. The summed E-state index contributed by atoms with van der Waals surface area (Å²) in [7, 11) is 0. The third kappa shape index (κ3) is 4.68. The molecule has 1 saturated heterocycles. The van der Waals surface area contributed by atoms with E-state index >= 15 is 0 Å². The molecule has 1 aliphatic carbocycles. The van der Waals surface area contributed by atoms with Crippen molar-refractivity contribution in [2.75, 3.05) is 19.6 Å². The minimum absolute atomic E-state index is 0.118. The van der Waals surface area contributed by atoms with Gasteiger partial charge in [0.1, 0.15) is 5.78 Å². The Morgan fingerprint density at radius 2 is 2.08 bits per heavy atom. The van der Waals surface area contributed by atoms with Gasteiger partial charge in [-0.2, -0.15) is 0 Å². The maximum absolute atomic E-state index is 12.3. The van der Waals surface area contributed by atoms with Crippen LogP contribution in [0.2, 0.25) is 0 Å². The van der Waals surface area contributed by atoms with Crippen LogP contribution < -0.4 is 5.32 Å². The fourth-order valence-corrected chi connectivity index (χ4v) is 3.25. The molecule has 1 aromatic rings. The van der Waals surface area contributed by atoms with E-state index in [-0.39, 0.29) is 23.5 Å². The van der Waals surface area contributed by atoms with E-state index in [1.807, 2.05) is 24.0 Å². The molecule has 1 saturated carbocycles. The number of Topliss-reactive ketones (excluding diaryl/α,β-unsaturated/α-hetero) is 1. The van der Waals surface area contributed by atoms with Crippen LogP contribution in [0.4, 0.5) is 0 Å². The minimum Gasteiger partial charge on any atom is -0.352 e. The molecule has 2 amide bonds. The van der Waals surface area contributed by atoms with Crippen molar-refractivity contribution in [1.29, 1.82) is 0 Å². The zero-order chi connectivity index (χ0) is 17.8. The summed E-state index contributed by atoms with van der Waals surface area (Å²) in [5, 5.41) is 2.91. The lowest BCUT2D eigenvalue weighted by molar-refractivity contribution is -0.127. The van der Waals surface area contributed by atoms with Gasteiger partial charge in [-0.15, -0.1) is 0 Å². The topological polar surface area (TPSA) is 66.5 Å². The summed E-state index contributed by atoms with van der Waals surface area (Å²) in [5.41, 5.74) is 2.60. The molecule has 1 N–H and O–H groups in total. The van der Waals surface area contributed by atoms with Crippen LogP contribution in [0.5, 0.6) is 0 Å². The normalized spacial score (nSPS) is 17.0. The minimum atomic E-state index is -0.118. The zero-order valence-corrected chi connectivity index (χ0v) is 14.8. The van der Waals surface area contributed by atoms with E-state index < -0.39 is 0 Å². The molecule has 1 heterocycles. The van der Waals surface area contributed by atoms with Crippen LogP contribution in [0, 0.1) is 12.8 Å². The second-order valence-electron chi connectivity index (χ2n) is 7.15. The number of aryl methyl sites for hydroxylation is 1. The molecular weight excluding hydrogens is 316 g/mol. The SMILES string of the molecule is Cc1ccc(C(=O)NCCCN2CCCC2=O)cc1CC(=O)C1CC1. The van der Waals surface area contributed by atoms with Gasteiger partial charge in [0.25, 0.3) is 5.91 Å². The molecule has 0 unspecified atom stereocenters. The van der Waals surface area contributed by atoms with Gasteiger partial charge in [-0.1, -0.05) is 6.07 Å². The van der Waals surface area contributed by atoms with Crippen molar-refractivity contribution in [3.05, 3.63) is 34.9 Å². The average molecular weight is 342 g/mol. The lowest BCUT2D eigenvalue weighted by Crippen LogP contribution is -2.30. The van der Waals surface area contributed by atoms with Gasteiger partial charge in [-0.3, -0.25) is 14.4 Å². The lowest BCUT2D eigenvalue weighted by Gasteiger charge is -2.15. The quantitative estimate of drug-likeness (QED) is 0.737. The van der Waals surface area contributed by atoms with E-state index in [9.17, 15) is 14.4 Å². The Labute approximate surface area is 148 Å². The number of benzene rings is 1. The molecule has 2 aliphatic rings. The molecule has 0 spiro atoms. The zero-order valence-electron chi connectivity index (χ0n) is 14.8. The molecule has 0 aromatic heterocycles. The van der Waals surface area contributed by atoms with Gasteiger partial charge in [0.15, 0.2) is 0 Å². The number of nitrogens with zero attached hydrogens (tertiary/aromatic N) is 1. The average Bonchev–Trinajstić information content (AvgIpc) is 3.37. The van der Waals surface area contributed by atoms with Crippen molar-refractivity contribution >= 4 is 17.6 Å². The second kappa shape index (κ2) is 7.81. The van der Waals surface area contributed by atoms with E-state index in [1.165, 1.54) is 0 Å². The Balaban J connectivity index is 1.49. The molecule has 0 atom stereocenters. The number of ketones is 1. The van der Waals surface area contributed by atoms with Gasteiger partial charge < -0.3 is 10.2 Å². The third-order valence-corrected chi connectivity index (χ3v) is 5.07. The Bertz CT molecular complexity index is 680. The highest BCUT2D eigenvalue weighted by atomic mass is 16.2. The number of hydrogen-bond donors (Lipinski definition) is 1. The molecule has 2 fully saturated rings. The molecule has 3 rings (SSSR count). The van der Waals surface area contributed by atoms with E-state index in [0.717, 1.165) is 43.4 Å². The van der Waals surface area contributed by atoms with Crippen molar-refractivity contribution in [2.45, 2.75) is 45.4 Å². The van der Waals surface area contributed by atoms with Crippen LogP contribution in [0.3, 0.4) is 0 Å². The van der Waals surface area contributed by atoms with E-state index in [4.69, 9.17) is 0 Å². The van der Waals surface area contributed by atoms with Gasteiger partial charge in [-0.05, 0) is 55.9 Å². The lowest BCUT2D eigenvalue weighted by atomic mass is 9.98. The fraction of sp³-hybridized carbons (Fsp3) is 0.550. The van der Waals surface area contributed by atoms with Crippen LogP contribution in [-0.4, -0.2) is 42.1 Å². The second-order valence-corrected chi connectivity index (χ2v) is 7.15. The highest BCUT2D eigenvalue weighted by Gasteiger charge is 2.29. The van der Waals surface area contributed by atoms with Gasteiger partial charge in [0, 0.05) is 44.0 Å². The summed E-state index contributed by atoms with van der Waals surface area (Å²) in [4.78, 5) is 37.8. The van der Waals surface area contributed by atoms with Crippen molar-refractivity contribution in [3.8, 4) is 0 Å². The van der Waals surface area contributed by atoms with Crippen molar-refractivity contribution in [2.24, 2.45) is 5.92 Å². The maximum atomic E-state index is 12.3. The first-order chi connectivity index (χ1) is 12.0. The van der Waals surface area contributed by atoms with E-state index in [2.05, 4.69) is 5.32 Å². The molecule has 25 heavy (non-hydrogen) atoms. The Kier molecular flexibility index (Phi) is 5.51. The number of likely N-dealkylation sites (tertiary alicyclic amines) is 1. The van der Waals surface area contributed by atoms with Crippen LogP contribution in [-0.2, 0) is 16.0 Å². The number of amides is 2. The predicted molar refractivity (Wildman–Crippen MR) is 95.4 cm³/mol. The van der Waals surface area contributed by atoms with Crippen molar-refractivity contribution < 1.29 is 14.4 Å². The fourth-order valence-electron chi connectivity index (χ4n) is 3.25. The number of rotatable bonds is 8. The first-order valence-electron chi connectivity index (χ1n) is 9.23. The number of nitrogens with one attached hydrogen (secondary N) is 1. The standard InChI is InChI=1S/C20H26N2O3/c1-14-5-6-16(12-17(14)13-18(23)15-7-8-15)20(25)21-9-3-11-22-10-2-4-19(22)24/h5-6,12,15H,2-4,7-11,13H2,1H3,(H,21,25). The molecule has 134 valence electrons. The molecule has 1 aliphatic heterocycles. The molecule has 0 radical (unpaired) electrons. The number of carbonyl (C=O) groups excluding carboxylic acids is 3. The van der Waals surface area contributed by atoms with E-state index in [0.29, 0.717) is 31.5 Å². The first kappa shape index (κ1) is 17.6. The van der Waals surface area contributed by atoms with Crippen LogP contribution in [0.25, 0.3) is 0 Å². The van der Waals surface area contributed by atoms with Crippen molar-refractivity contribution in [3.63, 3.8) is 0 Å². The highest BCUT2D eigenvalue weighted by Crippen LogP contribution is 2.31. The Hall–Kier alpha value is -2.17. The summed E-state index contributed by atoms with van der Waals surface area (Å²) in [6.07, 6.45) is 4.80. The first-order valence-corrected chi connectivity index (χ1v) is 9.23. The highest BCUT2D eigenvalue weighted by molar-refractivity contribution is 5.95. The summed E-state index contributed by atoms with van der Waals surface area (Å²) in [5.74, 6) is 0.629. The molecular formula is C20H26N2O3. The predicted octanol–water partition coefficient (Wildman–Crippen LogP) is 2.26. The monoisotopic (exact) mass is 342 g/mol. The van der Waals surface area contributed by atoms with Crippen LogP contribution in [0.1, 0.15) is 53.6 Å². The smallest absolute Gasteiger partial charge is 0.251 e. The molecule has 1 aromatic carbocycles. The van der Waals surface area contributed by atoms with Crippen LogP contribution >= 0.6 is 0 Å². The summed E-state index contributed by atoms with van der Waals surface area (Å²) in [6, 6.07) is 5.56. The summed E-state index contributed by atoms with van der Waals surface area (Å²) in [6.45, 7) is 4.06. The molecule has 0 bridgehead atoms. The number of hydrogen-bond acceptors (Lipinski definition) is 3. The van der Waals surface area contributed by atoms with Gasteiger partial charge in [0.2, 0.25) is 5.91 Å². The third-order valence-electron chi connectivity index (χ3n) is 5.07. The summed E-state index contributed by atoms with van der Waals surface area (Å²) >= 11 is 0. The summed E-state index contributed by atoms with van der Waals surface area (Å²) < 4.78 is 0. The van der Waals surface area contributed by atoms with Gasteiger partial charge in [-0.25, -0.2) is 0 Å². The van der Waals surface area contributed by atoms with Crippen molar-refractivity contribution in [1.82, 2.24) is 10.2 Å². The maximum Gasteiger partial charge on any atom is 0.251 e. The number of carbonyl (C=O) groups is 3. The van der Waals surface area contributed by atoms with E-state index in [1.54, 1.807) is 6.07 Å². The molecule has 5 heteroatoms. The Morgan fingerprint density at radius 1 is 1.28 bits per heavy atom. The van der Waals surface area contributed by atoms with Gasteiger partial charge in [0.05, 0.1) is 0 Å². The van der Waals surface area contributed by atoms with Crippen LogP contribution in [0.15, 0.2) is 18.2 Å². The largest absolute Gasteiger partial charge is 0.352 e. The van der Waals surface area contributed by atoms with Gasteiger partial charge >= 0.3 is 0 Å².